The van der Waals surface area contributed by atoms with Gasteiger partial charge >= 0.3 is 0 Å². The highest BCUT2D eigenvalue weighted by atomic mass is 16.5. The molecule has 1 fully saturated rings. The fraction of sp³-hybridized carbons (Fsp3) is 0.562. The monoisotopic (exact) mass is 292 g/mol. The third kappa shape index (κ3) is 5.73. The molecule has 5 nitrogen and oxygen atoms in total. The Hall–Kier alpha value is -1.59. The molecule has 0 saturated heterocycles. The van der Waals surface area contributed by atoms with Crippen LogP contribution in [-0.2, 0) is 16.1 Å². The standard InChI is InChI=1S/C16H24N2O3/c1-12(16(19)17-8-9-20-2)21-15-5-3-4-13(10-15)11-18-14-6-7-14/h3-5,10,12,14,18H,6-9,11H2,1-2H3,(H,17,19). The minimum atomic E-state index is -0.520. The first kappa shape index (κ1) is 15.8. The molecule has 0 spiro atoms. The minimum absolute atomic E-state index is 0.131. The van der Waals surface area contributed by atoms with Crippen LogP contribution in [0, 0.1) is 0 Å². The van der Waals surface area contributed by atoms with Crippen molar-refractivity contribution < 1.29 is 14.3 Å². The first-order chi connectivity index (χ1) is 10.2. The first-order valence-electron chi connectivity index (χ1n) is 7.44. The minimum Gasteiger partial charge on any atom is -0.481 e. The molecule has 1 aromatic rings. The largest absolute Gasteiger partial charge is 0.481 e. The van der Waals surface area contributed by atoms with Gasteiger partial charge in [-0.25, -0.2) is 0 Å². The molecule has 1 saturated carbocycles. The molecule has 5 heteroatoms. The molecule has 0 bridgehead atoms. The summed E-state index contributed by atoms with van der Waals surface area (Å²) in [5.74, 6) is 0.591. The van der Waals surface area contributed by atoms with Crippen LogP contribution >= 0.6 is 0 Å². The van der Waals surface area contributed by atoms with E-state index in [1.54, 1.807) is 14.0 Å². The summed E-state index contributed by atoms with van der Waals surface area (Å²) in [7, 11) is 1.60. The lowest BCUT2D eigenvalue weighted by atomic mass is 10.2. The molecule has 116 valence electrons. The van der Waals surface area contributed by atoms with Crippen molar-refractivity contribution in [3.05, 3.63) is 29.8 Å². The van der Waals surface area contributed by atoms with Gasteiger partial charge in [-0.3, -0.25) is 4.79 Å². The Bertz CT molecular complexity index is 461. The molecule has 1 unspecified atom stereocenters. The number of hydrogen-bond acceptors (Lipinski definition) is 4. The van der Waals surface area contributed by atoms with E-state index >= 15 is 0 Å². The molecule has 2 N–H and O–H groups in total. The van der Waals surface area contributed by atoms with Gasteiger partial charge in [0.2, 0.25) is 0 Å². The zero-order valence-electron chi connectivity index (χ0n) is 12.7. The van der Waals surface area contributed by atoms with E-state index < -0.39 is 6.10 Å². The van der Waals surface area contributed by atoms with Gasteiger partial charge in [-0.1, -0.05) is 12.1 Å². The Kier molecular flexibility index (Phi) is 6.02. The highest BCUT2D eigenvalue weighted by Crippen LogP contribution is 2.20. The second-order valence-corrected chi connectivity index (χ2v) is 5.35. The van der Waals surface area contributed by atoms with E-state index in [9.17, 15) is 4.79 Å². The Morgan fingerprint density at radius 2 is 2.24 bits per heavy atom. The molecule has 1 aromatic carbocycles. The average Bonchev–Trinajstić information content (AvgIpc) is 3.30. The van der Waals surface area contributed by atoms with Crippen LogP contribution in [0.25, 0.3) is 0 Å². The number of carbonyl (C=O) groups is 1. The van der Waals surface area contributed by atoms with E-state index in [2.05, 4.69) is 16.7 Å². The Balaban J connectivity index is 1.80. The Labute approximate surface area is 126 Å². The summed E-state index contributed by atoms with van der Waals surface area (Å²) < 4.78 is 10.6. The van der Waals surface area contributed by atoms with E-state index in [0.29, 0.717) is 19.2 Å². The second-order valence-electron chi connectivity index (χ2n) is 5.35. The maximum Gasteiger partial charge on any atom is 0.260 e. The molecular formula is C16H24N2O3. The molecule has 0 heterocycles. The summed E-state index contributed by atoms with van der Waals surface area (Å²) in [5, 5.41) is 6.23. The molecule has 1 aliphatic carbocycles. The second kappa shape index (κ2) is 8.00. The lowest BCUT2D eigenvalue weighted by Crippen LogP contribution is -2.37. The predicted molar refractivity (Wildman–Crippen MR) is 81.3 cm³/mol. The summed E-state index contributed by atoms with van der Waals surface area (Å²) >= 11 is 0. The highest BCUT2D eigenvalue weighted by Gasteiger charge is 2.20. The van der Waals surface area contributed by atoms with Crippen molar-refractivity contribution in [2.75, 3.05) is 20.3 Å². The summed E-state index contributed by atoms with van der Waals surface area (Å²) in [6.45, 7) is 3.59. The van der Waals surface area contributed by atoms with E-state index in [-0.39, 0.29) is 5.91 Å². The van der Waals surface area contributed by atoms with E-state index in [0.717, 1.165) is 12.3 Å². The maximum atomic E-state index is 11.8. The van der Waals surface area contributed by atoms with Crippen LogP contribution in [0.2, 0.25) is 0 Å². The molecule has 1 atom stereocenters. The summed E-state index contributed by atoms with van der Waals surface area (Å²) in [6, 6.07) is 8.55. The number of benzene rings is 1. The smallest absolute Gasteiger partial charge is 0.260 e. The molecule has 1 amide bonds. The van der Waals surface area contributed by atoms with Crippen molar-refractivity contribution in [2.24, 2.45) is 0 Å². The summed E-state index contributed by atoms with van der Waals surface area (Å²) in [6.07, 6.45) is 2.03. The van der Waals surface area contributed by atoms with Gasteiger partial charge in [0.25, 0.3) is 5.91 Å². The normalized spacial score (nSPS) is 15.5. The van der Waals surface area contributed by atoms with Gasteiger partial charge in [-0.2, -0.15) is 0 Å². The fourth-order valence-electron chi connectivity index (χ4n) is 1.96. The number of nitrogens with one attached hydrogen (secondary N) is 2. The van der Waals surface area contributed by atoms with Crippen molar-refractivity contribution in [2.45, 2.75) is 38.5 Å². The van der Waals surface area contributed by atoms with Gasteiger partial charge in [0.15, 0.2) is 6.10 Å². The zero-order chi connectivity index (χ0) is 15.1. The molecule has 0 aromatic heterocycles. The topological polar surface area (TPSA) is 59.6 Å². The van der Waals surface area contributed by atoms with E-state index in [1.165, 1.54) is 18.4 Å². The SMILES string of the molecule is COCCNC(=O)C(C)Oc1cccc(CNC2CC2)c1. The number of amides is 1. The highest BCUT2D eigenvalue weighted by molar-refractivity contribution is 5.80. The van der Waals surface area contributed by atoms with Crippen LogP contribution in [0.1, 0.15) is 25.3 Å². The van der Waals surface area contributed by atoms with E-state index in [4.69, 9.17) is 9.47 Å². The van der Waals surface area contributed by atoms with Crippen molar-refractivity contribution in [3.8, 4) is 5.75 Å². The Morgan fingerprint density at radius 3 is 2.95 bits per heavy atom. The summed E-state index contributed by atoms with van der Waals surface area (Å²) in [5.41, 5.74) is 1.17. The third-order valence-electron chi connectivity index (χ3n) is 3.36. The van der Waals surface area contributed by atoms with Crippen LogP contribution in [0.4, 0.5) is 0 Å². The maximum absolute atomic E-state index is 11.8. The number of ether oxygens (including phenoxy) is 2. The average molecular weight is 292 g/mol. The molecule has 1 aliphatic rings. The van der Waals surface area contributed by atoms with Crippen molar-refractivity contribution in [1.82, 2.24) is 10.6 Å². The number of hydrogen-bond donors (Lipinski definition) is 2. The van der Waals surface area contributed by atoms with Crippen LogP contribution in [0.15, 0.2) is 24.3 Å². The molecule has 0 aliphatic heterocycles. The van der Waals surface area contributed by atoms with Crippen molar-refractivity contribution >= 4 is 5.91 Å². The number of methoxy groups -OCH3 is 1. The lowest BCUT2D eigenvalue weighted by molar-refractivity contribution is -0.127. The van der Waals surface area contributed by atoms with Gasteiger partial charge in [-0.05, 0) is 37.5 Å². The van der Waals surface area contributed by atoms with Crippen LogP contribution in [-0.4, -0.2) is 38.3 Å². The van der Waals surface area contributed by atoms with Gasteiger partial charge < -0.3 is 20.1 Å². The quantitative estimate of drug-likeness (QED) is 0.677. The van der Waals surface area contributed by atoms with Gasteiger partial charge in [0.05, 0.1) is 6.61 Å². The van der Waals surface area contributed by atoms with E-state index in [1.807, 2.05) is 18.2 Å². The number of rotatable bonds is 9. The Morgan fingerprint density at radius 1 is 1.43 bits per heavy atom. The molecule has 2 rings (SSSR count). The van der Waals surface area contributed by atoms with Crippen molar-refractivity contribution in [1.29, 1.82) is 0 Å². The fourth-order valence-corrected chi connectivity index (χ4v) is 1.96. The van der Waals surface area contributed by atoms with Crippen LogP contribution < -0.4 is 15.4 Å². The van der Waals surface area contributed by atoms with Crippen LogP contribution in [0.3, 0.4) is 0 Å². The van der Waals surface area contributed by atoms with Gasteiger partial charge in [-0.15, -0.1) is 0 Å². The molecule has 21 heavy (non-hydrogen) atoms. The summed E-state index contributed by atoms with van der Waals surface area (Å²) in [4.78, 5) is 11.8. The van der Waals surface area contributed by atoms with Gasteiger partial charge in [0.1, 0.15) is 5.75 Å². The van der Waals surface area contributed by atoms with Crippen molar-refractivity contribution in [3.63, 3.8) is 0 Å². The van der Waals surface area contributed by atoms with Crippen LogP contribution in [0.5, 0.6) is 5.75 Å². The first-order valence-corrected chi connectivity index (χ1v) is 7.44. The molecular weight excluding hydrogens is 268 g/mol. The number of carbonyl (C=O) groups excluding carboxylic acids is 1. The van der Waals surface area contributed by atoms with Gasteiger partial charge in [0, 0.05) is 26.2 Å². The predicted octanol–water partition coefficient (Wildman–Crippen LogP) is 1.47. The zero-order valence-corrected chi connectivity index (χ0v) is 12.7. The molecule has 0 radical (unpaired) electrons. The lowest BCUT2D eigenvalue weighted by Gasteiger charge is -2.15. The third-order valence-corrected chi connectivity index (χ3v) is 3.36.